The Kier molecular flexibility index (Phi) is 6.29. The zero-order chi connectivity index (χ0) is 27.0. The fourth-order valence-electron chi connectivity index (χ4n) is 4.43. The van der Waals surface area contributed by atoms with Gasteiger partial charge in [0.15, 0.2) is 5.75 Å². The normalized spacial score (nSPS) is 13.8. The first-order valence-corrected chi connectivity index (χ1v) is 11.7. The van der Waals surface area contributed by atoms with Gasteiger partial charge in [-0.05, 0) is 44.9 Å². The molecule has 1 aliphatic rings. The van der Waals surface area contributed by atoms with Crippen molar-refractivity contribution in [1.82, 2.24) is 4.98 Å². The van der Waals surface area contributed by atoms with Crippen LogP contribution in [0, 0.1) is 34.1 Å². The van der Waals surface area contributed by atoms with Crippen LogP contribution < -0.4 is 10.2 Å². The summed E-state index contributed by atoms with van der Waals surface area (Å²) in [6.45, 7) is 3.57. The van der Waals surface area contributed by atoms with Gasteiger partial charge in [0.2, 0.25) is 5.76 Å². The highest BCUT2D eigenvalue weighted by atomic mass is 16.6. The van der Waals surface area contributed by atoms with E-state index in [0.717, 1.165) is 23.2 Å². The number of carbonyl (C=O) groups excluding carboxylic acids is 1. The zero-order valence-corrected chi connectivity index (χ0v) is 20.4. The predicted molar refractivity (Wildman–Crippen MR) is 138 cm³/mol. The molecule has 12 nitrogen and oxygen atoms in total. The van der Waals surface area contributed by atoms with E-state index in [9.17, 15) is 25.0 Å². The maximum atomic E-state index is 13.1. The summed E-state index contributed by atoms with van der Waals surface area (Å²) >= 11 is 0. The third-order valence-corrected chi connectivity index (χ3v) is 6.24. The third-order valence-electron chi connectivity index (χ3n) is 6.24. The lowest BCUT2D eigenvalue weighted by Crippen LogP contribution is -2.14. The highest BCUT2D eigenvalue weighted by Gasteiger charge is 2.29. The summed E-state index contributed by atoms with van der Waals surface area (Å²) < 4.78 is 11.6. The first kappa shape index (κ1) is 24.6. The first-order valence-electron chi connectivity index (χ1n) is 11.7. The van der Waals surface area contributed by atoms with Crippen LogP contribution in [-0.2, 0) is 6.42 Å². The van der Waals surface area contributed by atoms with Crippen LogP contribution in [0.2, 0.25) is 0 Å². The number of nitro groups is 2. The molecule has 0 atom stereocenters. The summed E-state index contributed by atoms with van der Waals surface area (Å²) in [6.07, 6.45) is 1.79. The van der Waals surface area contributed by atoms with Crippen molar-refractivity contribution >= 4 is 39.6 Å². The van der Waals surface area contributed by atoms with Crippen molar-refractivity contribution in [2.75, 3.05) is 5.43 Å². The van der Waals surface area contributed by atoms with Crippen molar-refractivity contribution in [3.05, 3.63) is 97.1 Å². The lowest BCUT2D eigenvalue weighted by Gasteiger charge is -2.13. The van der Waals surface area contributed by atoms with Gasteiger partial charge in [0.05, 0.1) is 21.6 Å². The number of aryl methyl sites for hydroxylation is 2. The van der Waals surface area contributed by atoms with Gasteiger partial charge in [-0.15, -0.1) is 0 Å². The van der Waals surface area contributed by atoms with E-state index >= 15 is 0 Å². The fraction of sp³-hybridized carbons (Fsp3) is 0.192. The molecule has 38 heavy (non-hydrogen) atoms. The average molecular weight is 515 g/mol. The molecule has 1 N–H and O–H groups in total. The number of ether oxygens (including phenoxy) is 1. The Morgan fingerprint density at radius 3 is 2.66 bits per heavy atom. The molecule has 0 radical (unpaired) electrons. The van der Waals surface area contributed by atoms with Crippen molar-refractivity contribution in [3.8, 4) is 5.75 Å². The monoisotopic (exact) mass is 515 g/mol. The van der Waals surface area contributed by atoms with Crippen LogP contribution in [0.15, 0.2) is 58.0 Å². The molecule has 2 aromatic heterocycles. The fourth-order valence-corrected chi connectivity index (χ4v) is 4.43. The van der Waals surface area contributed by atoms with Gasteiger partial charge in [0.1, 0.15) is 17.0 Å². The molecule has 192 valence electrons. The van der Waals surface area contributed by atoms with Crippen molar-refractivity contribution in [1.29, 1.82) is 0 Å². The van der Waals surface area contributed by atoms with Crippen molar-refractivity contribution < 1.29 is 23.8 Å². The van der Waals surface area contributed by atoms with E-state index in [0.29, 0.717) is 53.1 Å². The predicted octanol–water partition coefficient (Wildman–Crippen LogP) is 5.63. The molecule has 4 aromatic rings. The highest BCUT2D eigenvalue weighted by Crippen LogP contribution is 2.33. The van der Waals surface area contributed by atoms with Gasteiger partial charge in [-0.2, -0.15) is 5.10 Å². The number of fused-ring (bicyclic) bond motifs is 2. The third kappa shape index (κ3) is 4.54. The topological polar surface area (TPSA) is 163 Å². The second-order valence-corrected chi connectivity index (χ2v) is 8.76. The number of hydrogen-bond donors (Lipinski definition) is 1. The molecule has 0 aliphatic heterocycles. The van der Waals surface area contributed by atoms with Crippen LogP contribution >= 0.6 is 0 Å². The molecule has 0 unspecified atom stereocenters. The van der Waals surface area contributed by atoms with E-state index < -0.39 is 27.2 Å². The minimum absolute atomic E-state index is 0.000228. The molecule has 0 fully saturated rings. The Morgan fingerprint density at radius 2 is 1.89 bits per heavy atom. The Bertz CT molecular complexity index is 1660. The Morgan fingerprint density at radius 1 is 1.08 bits per heavy atom. The van der Waals surface area contributed by atoms with Crippen LogP contribution in [0.3, 0.4) is 0 Å². The molecule has 0 saturated carbocycles. The van der Waals surface area contributed by atoms with Crippen molar-refractivity contribution in [2.24, 2.45) is 5.10 Å². The van der Waals surface area contributed by atoms with Gasteiger partial charge < -0.3 is 9.15 Å². The van der Waals surface area contributed by atoms with Crippen LogP contribution in [0.5, 0.6) is 5.75 Å². The maximum Gasteiger partial charge on any atom is 0.380 e. The van der Waals surface area contributed by atoms with Gasteiger partial charge in [0, 0.05) is 34.7 Å². The summed E-state index contributed by atoms with van der Waals surface area (Å²) in [5.74, 6) is 0.235. The smallest absolute Gasteiger partial charge is 0.380 e. The summed E-state index contributed by atoms with van der Waals surface area (Å²) in [7, 11) is 0. The number of furan rings is 1. The van der Waals surface area contributed by atoms with Crippen LogP contribution in [0.1, 0.15) is 46.0 Å². The SMILES string of the molecule is Cc1ccc2cccc(OC(=O)c3oc4c(c3C)/C(=N/Nc3ccc([N+](=O)[O-])cc3[N+](=O)[O-])CCC4)c2n1. The minimum Gasteiger partial charge on any atom is -0.453 e. The molecule has 2 heterocycles. The molecule has 5 rings (SSSR count). The Labute approximate surface area is 215 Å². The number of anilines is 1. The molecule has 0 amide bonds. The second kappa shape index (κ2) is 9.73. The van der Waals surface area contributed by atoms with E-state index in [-0.39, 0.29) is 11.4 Å². The number of benzene rings is 2. The molecular formula is C26H21N5O7. The second-order valence-electron chi connectivity index (χ2n) is 8.76. The first-order chi connectivity index (χ1) is 18.2. The number of carbonyl (C=O) groups is 1. The van der Waals surface area contributed by atoms with Crippen LogP contribution in [-0.4, -0.2) is 26.5 Å². The number of nitrogens with zero attached hydrogens (tertiary/aromatic N) is 4. The summed E-state index contributed by atoms with van der Waals surface area (Å²) in [4.78, 5) is 38.7. The molecule has 12 heteroatoms. The molecule has 0 bridgehead atoms. The number of pyridine rings is 1. The van der Waals surface area contributed by atoms with Crippen molar-refractivity contribution in [2.45, 2.75) is 33.1 Å². The number of aromatic nitrogens is 1. The Hall–Kier alpha value is -5.13. The van der Waals surface area contributed by atoms with Gasteiger partial charge in [-0.1, -0.05) is 18.2 Å². The lowest BCUT2D eigenvalue weighted by atomic mass is 9.93. The van der Waals surface area contributed by atoms with Gasteiger partial charge in [-0.25, -0.2) is 9.78 Å². The lowest BCUT2D eigenvalue weighted by molar-refractivity contribution is -0.393. The number of nitro benzene ring substituents is 2. The molecular weight excluding hydrogens is 494 g/mol. The van der Waals surface area contributed by atoms with E-state index in [4.69, 9.17) is 9.15 Å². The number of esters is 1. The maximum absolute atomic E-state index is 13.1. The molecule has 2 aromatic carbocycles. The van der Waals surface area contributed by atoms with Gasteiger partial charge >= 0.3 is 11.7 Å². The van der Waals surface area contributed by atoms with Gasteiger partial charge in [0.25, 0.3) is 5.69 Å². The van der Waals surface area contributed by atoms with E-state index in [1.54, 1.807) is 19.1 Å². The average Bonchev–Trinajstić information content (AvgIpc) is 3.24. The van der Waals surface area contributed by atoms with Crippen LogP contribution in [0.4, 0.5) is 17.1 Å². The standard InChI is InChI=1S/C26H21N5O7/c1-14-9-10-16-5-3-8-22(24(16)27-14)38-26(32)25-15(2)23-19(6-4-7-21(23)37-25)29-28-18-12-11-17(30(33)34)13-20(18)31(35)36/h3,5,8-13,28H,4,6-7H2,1-2H3/b29-19+. The Balaban J connectivity index is 1.45. The van der Waals surface area contributed by atoms with E-state index in [1.165, 1.54) is 6.07 Å². The van der Waals surface area contributed by atoms with E-state index in [1.807, 2.05) is 25.1 Å². The number of non-ortho nitro benzene ring substituents is 1. The molecule has 0 spiro atoms. The number of hydrazone groups is 1. The number of rotatable bonds is 6. The number of hydrogen-bond acceptors (Lipinski definition) is 10. The summed E-state index contributed by atoms with van der Waals surface area (Å²) in [6, 6.07) is 12.3. The highest BCUT2D eigenvalue weighted by molar-refractivity contribution is 6.06. The minimum atomic E-state index is -0.720. The quantitative estimate of drug-likeness (QED) is 0.148. The summed E-state index contributed by atoms with van der Waals surface area (Å²) in [5.41, 5.74) is 4.83. The summed E-state index contributed by atoms with van der Waals surface area (Å²) in [5, 5.41) is 27.6. The zero-order valence-electron chi connectivity index (χ0n) is 20.4. The number of nitrogens with one attached hydrogen (secondary N) is 1. The van der Waals surface area contributed by atoms with Gasteiger partial charge in [-0.3, -0.25) is 25.7 Å². The van der Waals surface area contributed by atoms with Crippen LogP contribution in [0.25, 0.3) is 10.9 Å². The number of para-hydroxylation sites is 1. The molecule has 1 aliphatic carbocycles. The van der Waals surface area contributed by atoms with E-state index in [2.05, 4.69) is 15.5 Å². The largest absolute Gasteiger partial charge is 0.453 e. The molecule has 0 saturated heterocycles. The van der Waals surface area contributed by atoms with Crippen molar-refractivity contribution in [3.63, 3.8) is 0 Å².